The predicted molar refractivity (Wildman–Crippen MR) is 96.2 cm³/mol. The lowest BCUT2D eigenvalue weighted by molar-refractivity contribution is -0.274. The summed E-state index contributed by atoms with van der Waals surface area (Å²) < 4.78 is 42.0. The van der Waals surface area contributed by atoms with Crippen molar-refractivity contribution in [2.45, 2.75) is 50.2 Å². The van der Waals surface area contributed by atoms with Crippen molar-refractivity contribution in [3.63, 3.8) is 0 Å². The van der Waals surface area contributed by atoms with Gasteiger partial charge < -0.3 is 9.64 Å². The molecule has 152 valence electrons. The molecule has 1 aromatic carbocycles. The number of thioether (sulfide) groups is 1. The first-order valence-corrected chi connectivity index (χ1v) is 9.93. The number of hydrogen-bond acceptors (Lipinski definition) is 6. The van der Waals surface area contributed by atoms with Crippen LogP contribution >= 0.6 is 11.8 Å². The van der Waals surface area contributed by atoms with Gasteiger partial charge in [-0.1, -0.05) is 18.7 Å². The van der Waals surface area contributed by atoms with Gasteiger partial charge in [-0.3, -0.25) is 4.79 Å². The van der Waals surface area contributed by atoms with E-state index < -0.39 is 6.36 Å². The Labute approximate surface area is 164 Å². The standard InChI is InChI=1S/C17H20F3N5O2S/c1-2-12-5-3-4-10-24(12)15(26)11-28-16-21-22-23-25(16)13-6-8-14(9-7-13)27-17(18,19)20/h6-9,12H,2-5,10-11H2,1H3/t12-/m0/s1. The van der Waals surface area contributed by atoms with E-state index >= 15 is 0 Å². The number of carbonyl (C=O) groups excluding carboxylic acids is 1. The second-order valence-corrected chi connectivity index (χ2v) is 7.29. The van der Waals surface area contributed by atoms with Crippen molar-refractivity contribution in [1.82, 2.24) is 25.1 Å². The topological polar surface area (TPSA) is 73.1 Å². The average molecular weight is 415 g/mol. The fourth-order valence-corrected chi connectivity index (χ4v) is 3.96. The van der Waals surface area contributed by atoms with Crippen molar-refractivity contribution in [3.8, 4) is 11.4 Å². The van der Waals surface area contributed by atoms with E-state index in [1.54, 1.807) is 0 Å². The Morgan fingerprint density at radius 1 is 1.29 bits per heavy atom. The van der Waals surface area contributed by atoms with Gasteiger partial charge in [0.15, 0.2) is 0 Å². The lowest BCUT2D eigenvalue weighted by Crippen LogP contribution is -2.44. The SMILES string of the molecule is CC[C@H]1CCCCN1C(=O)CSc1nnnn1-c1ccc(OC(F)(F)F)cc1. The molecule has 28 heavy (non-hydrogen) atoms. The van der Waals surface area contributed by atoms with E-state index in [4.69, 9.17) is 0 Å². The fraction of sp³-hybridized carbons (Fsp3) is 0.529. The number of piperidine rings is 1. The molecule has 3 rings (SSSR count). The van der Waals surface area contributed by atoms with E-state index in [2.05, 4.69) is 27.2 Å². The first kappa shape index (κ1) is 20.4. The number of rotatable bonds is 6. The maximum absolute atomic E-state index is 12.6. The molecule has 0 spiro atoms. The minimum atomic E-state index is -4.75. The zero-order valence-corrected chi connectivity index (χ0v) is 16.0. The van der Waals surface area contributed by atoms with Gasteiger partial charge in [0.2, 0.25) is 11.1 Å². The van der Waals surface area contributed by atoms with Crippen LogP contribution in [0.4, 0.5) is 13.2 Å². The molecular formula is C17H20F3N5O2S. The molecule has 1 saturated heterocycles. The van der Waals surface area contributed by atoms with Gasteiger partial charge in [-0.05, 0) is 60.4 Å². The molecular weight excluding hydrogens is 395 g/mol. The van der Waals surface area contributed by atoms with Gasteiger partial charge in [-0.2, -0.15) is 4.68 Å². The van der Waals surface area contributed by atoms with Crippen molar-refractivity contribution in [2.75, 3.05) is 12.3 Å². The number of aromatic nitrogens is 4. The highest BCUT2D eigenvalue weighted by Crippen LogP contribution is 2.26. The Morgan fingerprint density at radius 3 is 2.71 bits per heavy atom. The number of likely N-dealkylation sites (tertiary alicyclic amines) is 1. The lowest BCUT2D eigenvalue weighted by Gasteiger charge is -2.35. The van der Waals surface area contributed by atoms with Gasteiger partial charge in [-0.25, -0.2) is 0 Å². The van der Waals surface area contributed by atoms with E-state index in [0.717, 1.165) is 32.2 Å². The molecule has 2 aromatic rings. The summed E-state index contributed by atoms with van der Waals surface area (Å²) in [5.74, 6) is -0.0870. The second kappa shape index (κ2) is 8.80. The molecule has 0 bridgehead atoms. The highest BCUT2D eigenvalue weighted by atomic mass is 32.2. The minimum absolute atomic E-state index is 0.0417. The Morgan fingerprint density at radius 2 is 2.04 bits per heavy atom. The van der Waals surface area contributed by atoms with E-state index in [0.29, 0.717) is 10.8 Å². The van der Waals surface area contributed by atoms with Crippen molar-refractivity contribution < 1.29 is 22.7 Å². The van der Waals surface area contributed by atoms with Crippen LogP contribution < -0.4 is 4.74 Å². The van der Waals surface area contributed by atoms with Crippen LogP contribution in [0.1, 0.15) is 32.6 Å². The fourth-order valence-electron chi connectivity index (χ4n) is 3.18. The zero-order valence-electron chi connectivity index (χ0n) is 15.2. The van der Waals surface area contributed by atoms with Crippen molar-refractivity contribution in [1.29, 1.82) is 0 Å². The molecule has 1 atom stereocenters. The molecule has 0 saturated carbocycles. The van der Waals surface area contributed by atoms with E-state index in [1.165, 1.54) is 40.7 Å². The molecule has 2 heterocycles. The largest absolute Gasteiger partial charge is 0.573 e. The zero-order chi connectivity index (χ0) is 20.1. The van der Waals surface area contributed by atoms with E-state index in [9.17, 15) is 18.0 Å². The Bertz CT molecular complexity index is 797. The number of tetrazole rings is 1. The van der Waals surface area contributed by atoms with Crippen LogP contribution in [0, 0.1) is 0 Å². The van der Waals surface area contributed by atoms with Crippen LogP contribution in [0.15, 0.2) is 29.4 Å². The number of alkyl halides is 3. The number of hydrogen-bond donors (Lipinski definition) is 0. The van der Waals surface area contributed by atoms with Gasteiger partial charge in [0.25, 0.3) is 0 Å². The number of halogens is 3. The summed E-state index contributed by atoms with van der Waals surface area (Å²) >= 11 is 1.20. The molecule has 0 aliphatic carbocycles. The maximum Gasteiger partial charge on any atom is 0.573 e. The molecule has 1 aliphatic rings. The van der Waals surface area contributed by atoms with Crippen LogP contribution in [0.3, 0.4) is 0 Å². The van der Waals surface area contributed by atoms with Gasteiger partial charge >= 0.3 is 6.36 Å². The first-order chi connectivity index (χ1) is 13.4. The number of amides is 1. The summed E-state index contributed by atoms with van der Waals surface area (Å²) in [5, 5.41) is 11.8. The monoisotopic (exact) mass is 415 g/mol. The lowest BCUT2D eigenvalue weighted by atomic mass is 10.0. The Hall–Kier alpha value is -2.30. The van der Waals surface area contributed by atoms with Gasteiger partial charge in [0.05, 0.1) is 11.4 Å². The Balaban J connectivity index is 1.64. The van der Waals surface area contributed by atoms with Crippen molar-refractivity contribution >= 4 is 17.7 Å². The third-order valence-corrected chi connectivity index (χ3v) is 5.40. The molecule has 1 amide bonds. The number of ether oxygens (including phenoxy) is 1. The predicted octanol–water partition coefficient (Wildman–Crippen LogP) is 3.44. The highest BCUT2D eigenvalue weighted by molar-refractivity contribution is 7.99. The molecule has 7 nitrogen and oxygen atoms in total. The number of benzene rings is 1. The molecule has 0 N–H and O–H groups in total. The van der Waals surface area contributed by atoms with Crippen LogP contribution in [0.25, 0.3) is 5.69 Å². The molecule has 0 radical (unpaired) electrons. The molecule has 1 aromatic heterocycles. The molecule has 0 unspecified atom stereocenters. The summed E-state index contributed by atoms with van der Waals surface area (Å²) in [4.78, 5) is 14.5. The number of carbonyl (C=O) groups is 1. The first-order valence-electron chi connectivity index (χ1n) is 8.94. The summed E-state index contributed by atoms with van der Waals surface area (Å²) in [5.41, 5.74) is 0.471. The van der Waals surface area contributed by atoms with Crippen molar-refractivity contribution in [2.24, 2.45) is 0 Å². The third kappa shape index (κ3) is 5.15. The smallest absolute Gasteiger partial charge is 0.406 e. The van der Waals surface area contributed by atoms with Crippen molar-refractivity contribution in [3.05, 3.63) is 24.3 Å². The van der Waals surface area contributed by atoms with Gasteiger partial charge in [0, 0.05) is 12.6 Å². The van der Waals surface area contributed by atoms with Crippen LogP contribution in [0.2, 0.25) is 0 Å². The second-order valence-electron chi connectivity index (χ2n) is 6.35. The summed E-state index contributed by atoms with van der Waals surface area (Å²) in [6.07, 6.45) is -0.640. The normalized spacial score (nSPS) is 17.6. The van der Waals surface area contributed by atoms with Gasteiger partial charge in [0.1, 0.15) is 5.75 Å². The molecule has 11 heteroatoms. The third-order valence-electron chi connectivity index (χ3n) is 4.50. The van der Waals surface area contributed by atoms with E-state index in [-0.39, 0.29) is 23.5 Å². The maximum atomic E-state index is 12.6. The Kier molecular flexibility index (Phi) is 6.42. The van der Waals surface area contributed by atoms with Crippen LogP contribution in [-0.2, 0) is 4.79 Å². The number of nitrogens with zero attached hydrogens (tertiary/aromatic N) is 5. The summed E-state index contributed by atoms with van der Waals surface area (Å²) in [6.45, 7) is 2.85. The molecule has 1 fully saturated rings. The van der Waals surface area contributed by atoms with E-state index in [1.807, 2.05) is 4.90 Å². The highest BCUT2D eigenvalue weighted by Gasteiger charge is 2.31. The quantitative estimate of drug-likeness (QED) is 0.673. The summed E-state index contributed by atoms with van der Waals surface area (Å²) in [7, 11) is 0. The minimum Gasteiger partial charge on any atom is -0.406 e. The molecule has 1 aliphatic heterocycles. The van der Waals surface area contributed by atoms with Gasteiger partial charge in [-0.15, -0.1) is 18.3 Å². The summed E-state index contributed by atoms with van der Waals surface area (Å²) in [6, 6.07) is 5.48. The van der Waals surface area contributed by atoms with Crippen LogP contribution in [-0.4, -0.2) is 55.7 Å². The van der Waals surface area contributed by atoms with Crippen LogP contribution in [0.5, 0.6) is 5.75 Å². The average Bonchev–Trinajstić information content (AvgIpc) is 3.14.